The van der Waals surface area contributed by atoms with Crippen LogP contribution in [0.4, 0.5) is 14.5 Å². The van der Waals surface area contributed by atoms with Crippen LogP contribution in [-0.2, 0) is 6.42 Å². The maximum absolute atomic E-state index is 12.7. The van der Waals surface area contributed by atoms with Crippen LogP contribution in [0, 0.1) is 0 Å². The Balaban J connectivity index is 2.68. The summed E-state index contributed by atoms with van der Waals surface area (Å²) < 4.78 is 25.3. The first-order valence-electron chi connectivity index (χ1n) is 5.55. The maximum atomic E-state index is 12.7. The zero-order valence-electron chi connectivity index (χ0n) is 9.80. The van der Waals surface area contributed by atoms with Crippen molar-refractivity contribution in [1.29, 1.82) is 0 Å². The molecule has 1 heterocycles. The molecule has 0 amide bonds. The summed E-state index contributed by atoms with van der Waals surface area (Å²) in [5, 5.41) is 3.83. The summed E-state index contributed by atoms with van der Waals surface area (Å²) >= 11 is 0. The van der Waals surface area contributed by atoms with E-state index in [0.717, 1.165) is 11.8 Å². The standard InChI is InChI=1S/C13H14F2N2/c1-3-8-4-5-10-9(6-8)11(16-2)7-12(17-10)13(14)15/h4-7,13H,3H2,1-2H3,(H,16,17). The number of benzene rings is 1. The number of nitrogens with zero attached hydrogens (tertiary/aromatic N) is 1. The van der Waals surface area contributed by atoms with Crippen LogP contribution in [0.15, 0.2) is 24.3 Å². The largest absolute Gasteiger partial charge is 0.388 e. The fourth-order valence-corrected chi connectivity index (χ4v) is 1.83. The molecule has 1 aromatic carbocycles. The van der Waals surface area contributed by atoms with Crippen LogP contribution in [0.2, 0.25) is 0 Å². The molecule has 0 spiro atoms. The van der Waals surface area contributed by atoms with Crippen LogP contribution in [0.25, 0.3) is 10.9 Å². The van der Waals surface area contributed by atoms with Crippen molar-refractivity contribution < 1.29 is 8.78 Å². The molecule has 0 unspecified atom stereocenters. The van der Waals surface area contributed by atoms with Crippen LogP contribution in [0.5, 0.6) is 0 Å². The zero-order valence-corrected chi connectivity index (χ0v) is 9.80. The maximum Gasteiger partial charge on any atom is 0.280 e. The minimum absolute atomic E-state index is 0.189. The quantitative estimate of drug-likeness (QED) is 0.877. The van der Waals surface area contributed by atoms with Gasteiger partial charge in [0.15, 0.2) is 0 Å². The Kier molecular flexibility index (Phi) is 3.22. The SMILES string of the molecule is CCc1ccc2nc(C(F)F)cc(NC)c2c1. The van der Waals surface area contributed by atoms with E-state index >= 15 is 0 Å². The molecule has 0 radical (unpaired) electrons. The van der Waals surface area contributed by atoms with Crippen molar-refractivity contribution in [3.8, 4) is 0 Å². The molecule has 0 fully saturated rings. The van der Waals surface area contributed by atoms with Gasteiger partial charge in [0.1, 0.15) is 5.69 Å². The van der Waals surface area contributed by atoms with Gasteiger partial charge in [-0.15, -0.1) is 0 Å². The van der Waals surface area contributed by atoms with E-state index in [1.165, 1.54) is 11.6 Å². The van der Waals surface area contributed by atoms with Crippen molar-refractivity contribution in [2.45, 2.75) is 19.8 Å². The summed E-state index contributed by atoms with van der Waals surface area (Å²) in [5.74, 6) is 0. The number of fused-ring (bicyclic) bond motifs is 1. The first-order chi connectivity index (χ1) is 8.15. The van der Waals surface area contributed by atoms with E-state index in [4.69, 9.17) is 0 Å². The molecule has 1 N–H and O–H groups in total. The van der Waals surface area contributed by atoms with Gasteiger partial charge in [-0.05, 0) is 30.2 Å². The molecule has 0 bridgehead atoms. The number of pyridine rings is 1. The summed E-state index contributed by atoms with van der Waals surface area (Å²) in [6, 6.07) is 7.11. The van der Waals surface area contributed by atoms with Crippen LogP contribution in [-0.4, -0.2) is 12.0 Å². The summed E-state index contributed by atoms with van der Waals surface area (Å²) in [4.78, 5) is 3.97. The second kappa shape index (κ2) is 4.65. The molecule has 90 valence electrons. The van der Waals surface area contributed by atoms with E-state index in [9.17, 15) is 8.78 Å². The number of aryl methyl sites for hydroxylation is 1. The molecule has 0 saturated carbocycles. The van der Waals surface area contributed by atoms with Gasteiger partial charge in [0.05, 0.1) is 5.52 Å². The van der Waals surface area contributed by atoms with Gasteiger partial charge in [-0.1, -0.05) is 13.0 Å². The van der Waals surface area contributed by atoms with Gasteiger partial charge in [-0.2, -0.15) is 0 Å². The Morgan fingerprint density at radius 3 is 2.65 bits per heavy atom. The van der Waals surface area contributed by atoms with E-state index in [1.54, 1.807) is 13.1 Å². The topological polar surface area (TPSA) is 24.9 Å². The van der Waals surface area contributed by atoms with Crippen molar-refractivity contribution in [1.82, 2.24) is 4.98 Å². The highest BCUT2D eigenvalue weighted by molar-refractivity contribution is 5.91. The van der Waals surface area contributed by atoms with Gasteiger partial charge >= 0.3 is 0 Å². The Bertz CT molecular complexity index is 538. The third kappa shape index (κ3) is 2.20. The number of hydrogen-bond acceptors (Lipinski definition) is 2. The van der Waals surface area contributed by atoms with Crippen LogP contribution in [0.3, 0.4) is 0 Å². The molecule has 2 aromatic rings. The van der Waals surface area contributed by atoms with Crippen molar-refractivity contribution in [2.24, 2.45) is 0 Å². The van der Waals surface area contributed by atoms with Crippen molar-refractivity contribution in [2.75, 3.05) is 12.4 Å². The second-order valence-electron chi connectivity index (χ2n) is 3.85. The molecule has 0 aliphatic rings. The number of alkyl halides is 2. The van der Waals surface area contributed by atoms with Gasteiger partial charge in [-0.25, -0.2) is 13.8 Å². The average Bonchev–Trinajstić information content (AvgIpc) is 2.36. The lowest BCUT2D eigenvalue weighted by Gasteiger charge is -2.09. The molecular weight excluding hydrogens is 222 g/mol. The van der Waals surface area contributed by atoms with Gasteiger partial charge < -0.3 is 5.32 Å². The number of anilines is 1. The fourth-order valence-electron chi connectivity index (χ4n) is 1.83. The van der Waals surface area contributed by atoms with Crippen molar-refractivity contribution in [3.63, 3.8) is 0 Å². The van der Waals surface area contributed by atoms with Gasteiger partial charge in [-0.3, -0.25) is 0 Å². The number of hydrogen-bond donors (Lipinski definition) is 1. The summed E-state index contributed by atoms with van der Waals surface area (Å²) in [7, 11) is 1.72. The van der Waals surface area contributed by atoms with Crippen LogP contribution >= 0.6 is 0 Å². The molecule has 2 nitrogen and oxygen atoms in total. The van der Waals surface area contributed by atoms with E-state index in [2.05, 4.69) is 17.2 Å². The molecule has 4 heteroatoms. The van der Waals surface area contributed by atoms with Gasteiger partial charge in [0.2, 0.25) is 0 Å². The second-order valence-corrected chi connectivity index (χ2v) is 3.85. The number of nitrogens with one attached hydrogen (secondary N) is 1. The Morgan fingerprint density at radius 2 is 2.06 bits per heavy atom. The Hall–Kier alpha value is -1.71. The molecular formula is C13H14F2N2. The lowest BCUT2D eigenvalue weighted by molar-refractivity contribution is 0.146. The molecule has 0 saturated heterocycles. The zero-order chi connectivity index (χ0) is 12.4. The van der Waals surface area contributed by atoms with Gasteiger partial charge in [0, 0.05) is 18.1 Å². The minimum atomic E-state index is -2.54. The predicted octanol–water partition coefficient (Wildman–Crippen LogP) is 3.78. The predicted molar refractivity (Wildman–Crippen MR) is 65.6 cm³/mol. The van der Waals surface area contributed by atoms with E-state index in [0.29, 0.717) is 11.2 Å². The molecule has 0 atom stereocenters. The lowest BCUT2D eigenvalue weighted by Crippen LogP contribution is -1.97. The highest BCUT2D eigenvalue weighted by atomic mass is 19.3. The first kappa shape index (κ1) is 11.8. The highest BCUT2D eigenvalue weighted by Gasteiger charge is 2.12. The number of rotatable bonds is 3. The Morgan fingerprint density at radius 1 is 1.29 bits per heavy atom. The third-order valence-electron chi connectivity index (χ3n) is 2.79. The minimum Gasteiger partial charge on any atom is -0.388 e. The Labute approximate surface area is 98.7 Å². The fraction of sp³-hybridized carbons (Fsp3) is 0.308. The first-order valence-corrected chi connectivity index (χ1v) is 5.55. The molecule has 0 aliphatic heterocycles. The van der Waals surface area contributed by atoms with Crippen molar-refractivity contribution in [3.05, 3.63) is 35.5 Å². The average molecular weight is 236 g/mol. The summed E-state index contributed by atoms with van der Waals surface area (Å²) in [6.07, 6.45) is -1.63. The van der Waals surface area contributed by atoms with Gasteiger partial charge in [0.25, 0.3) is 6.43 Å². The lowest BCUT2D eigenvalue weighted by atomic mass is 10.1. The van der Waals surface area contributed by atoms with E-state index in [-0.39, 0.29) is 5.69 Å². The molecule has 1 aromatic heterocycles. The number of aromatic nitrogens is 1. The number of halogens is 2. The highest BCUT2D eigenvalue weighted by Crippen LogP contribution is 2.28. The monoisotopic (exact) mass is 236 g/mol. The normalized spacial score (nSPS) is 11.1. The molecule has 2 rings (SSSR count). The van der Waals surface area contributed by atoms with Crippen molar-refractivity contribution >= 4 is 16.6 Å². The third-order valence-corrected chi connectivity index (χ3v) is 2.79. The molecule has 17 heavy (non-hydrogen) atoms. The molecule has 0 aliphatic carbocycles. The summed E-state index contributed by atoms with van der Waals surface area (Å²) in [5.41, 5.74) is 2.27. The van der Waals surface area contributed by atoms with Crippen LogP contribution in [0.1, 0.15) is 24.6 Å². The summed E-state index contributed by atoms with van der Waals surface area (Å²) in [6.45, 7) is 2.06. The van der Waals surface area contributed by atoms with Crippen LogP contribution < -0.4 is 5.32 Å². The smallest absolute Gasteiger partial charge is 0.280 e. The van der Waals surface area contributed by atoms with E-state index in [1.807, 2.05) is 12.1 Å². The van der Waals surface area contributed by atoms with E-state index < -0.39 is 6.43 Å².